The smallest absolute Gasteiger partial charge is 0.323 e. The van der Waals surface area contributed by atoms with E-state index in [2.05, 4.69) is 15.8 Å². The minimum absolute atomic E-state index is 0.0546. The molecule has 2 N–H and O–H groups in total. The van der Waals surface area contributed by atoms with Crippen molar-refractivity contribution < 1.29 is 23.6 Å². The molecule has 9 heteroatoms. The van der Waals surface area contributed by atoms with Crippen LogP contribution in [-0.4, -0.2) is 41.9 Å². The highest BCUT2D eigenvalue weighted by atomic mass is 16.7. The standard InChI is InChI=1S/C18H20N4O5/c1-11-8-16(21-27-11)20-18(24)22-6-4-12(5-7-22)17(23)19-13-2-3-14-15(9-13)26-10-25-14/h2-3,8-9,12H,4-7,10H2,1H3,(H,19,23)(H,20,21,24). The number of aryl methyl sites for hydroxylation is 1. The van der Waals surface area contributed by atoms with Crippen LogP contribution in [0.15, 0.2) is 28.8 Å². The molecule has 3 heterocycles. The Kier molecular flexibility index (Phi) is 4.57. The monoisotopic (exact) mass is 372 g/mol. The van der Waals surface area contributed by atoms with E-state index in [0.717, 1.165) is 0 Å². The van der Waals surface area contributed by atoms with E-state index in [0.29, 0.717) is 54.7 Å². The average molecular weight is 372 g/mol. The van der Waals surface area contributed by atoms with E-state index in [1.807, 2.05) is 0 Å². The second-order valence-corrected chi connectivity index (χ2v) is 6.57. The highest BCUT2D eigenvalue weighted by Gasteiger charge is 2.28. The van der Waals surface area contributed by atoms with Crippen LogP contribution in [0, 0.1) is 12.8 Å². The fourth-order valence-electron chi connectivity index (χ4n) is 3.18. The number of anilines is 2. The van der Waals surface area contributed by atoms with Gasteiger partial charge in [-0.2, -0.15) is 0 Å². The van der Waals surface area contributed by atoms with Gasteiger partial charge in [-0.15, -0.1) is 0 Å². The molecule has 1 aromatic carbocycles. The molecule has 0 spiro atoms. The number of urea groups is 1. The Labute approximate surface area is 155 Å². The van der Waals surface area contributed by atoms with Gasteiger partial charge >= 0.3 is 6.03 Å². The summed E-state index contributed by atoms with van der Waals surface area (Å²) in [5, 5.41) is 9.36. The zero-order valence-electron chi connectivity index (χ0n) is 14.9. The number of nitrogens with one attached hydrogen (secondary N) is 2. The number of hydrogen-bond donors (Lipinski definition) is 2. The molecule has 2 aliphatic rings. The normalized spacial score (nSPS) is 16.3. The van der Waals surface area contributed by atoms with Gasteiger partial charge in [-0.1, -0.05) is 5.16 Å². The molecular weight excluding hydrogens is 352 g/mol. The molecule has 0 bridgehead atoms. The topological polar surface area (TPSA) is 106 Å². The highest BCUT2D eigenvalue weighted by molar-refractivity contribution is 5.93. The first-order valence-corrected chi connectivity index (χ1v) is 8.78. The van der Waals surface area contributed by atoms with Gasteiger partial charge in [0.1, 0.15) is 5.76 Å². The Bertz CT molecular complexity index is 857. The van der Waals surface area contributed by atoms with Crippen LogP contribution in [0.2, 0.25) is 0 Å². The van der Waals surface area contributed by atoms with Crippen LogP contribution in [-0.2, 0) is 4.79 Å². The molecule has 1 saturated heterocycles. The van der Waals surface area contributed by atoms with Crippen LogP contribution in [0.1, 0.15) is 18.6 Å². The van der Waals surface area contributed by atoms with Gasteiger partial charge in [0, 0.05) is 36.8 Å². The molecule has 2 aromatic rings. The van der Waals surface area contributed by atoms with Crippen molar-refractivity contribution in [2.45, 2.75) is 19.8 Å². The molecule has 0 atom stereocenters. The maximum absolute atomic E-state index is 12.5. The number of piperidine rings is 1. The van der Waals surface area contributed by atoms with Gasteiger partial charge in [0.25, 0.3) is 0 Å². The predicted octanol–water partition coefficient (Wildman–Crippen LogP) is 2.59. The van der Waals surface area contributed by atoms with Crippen LogP contribution < -0.4 is 20.1 Å². The quantitative estimate of drug-likeness (QED) is 0.858. The number of rotatable bonds is 3. The first kappa shape index (κ1) is 17.2. The van der Waals surface area contributed by atoms with Crippen molar-refractivity contribution >= 4 is 23.4 Å². The summed E-state index contributed by atoms with van der Waals surface area (Å²) in [5.74, 6) is 2.12. The molecule has 0 radical (unpaired) electrons. The Morgan fingerprint density at radius 3 is 2.63 bits per heavy atom. The highest BCUT2D eigenvalue weighted by Crippen LogP contribution is 2.34. The molecule has 2 aliphatic heterocycles. The van der Waals surface area contributed by atoms with Crippen LogP contribution in [0.3, 0.4) is 0 Å². The number of hydrogen-bond acceptors (Lipinski definition) is 6. The molecule has 1 fully saturated rings. The second kappa shape index (κ2) is 7.18. The van der Waals surface area contributed by atoms with Crippen molar-refractivity contribution in [1.82, 2.24) is 10.1 Å². The van der Waals surface area contributed by atoms with E-state index in [-0.39, 0.29) is 24.6 Å². The van der Waals surface area contributed by atoms with E-state index < -0.39 is 0 Å². The van der Waals surface area contributed by atoms with E-state index in [1.165, 1.54) is 0 Å². The number of amides is 3. The van der Waals surface area contributed by atoms with Crippen molar-refractivity contribution in [3.63, 3.8) is 0 Å². The summed E-state index contributed by atoms with van der Waals surface area (Å²) in [6.45, 7) is 2.96. The lowest BCUT2D eigenvalue weighted by Crippen LogP contribution is -2.43. The van der Waals surface area contributed by atoms with Gasteiger partial charge < -0.3 is 24.2 Å². The number of ether oxygens (including phenoxy) is 2. The van der Waals surface area contributed by atoms with Crippen molar-refractivity contribution in [1.29, 1.82) is 0 Å². The molecule has 27 heavy (non-hydrogen) atoms. The SMILES string of the molecule is Cc1cc(NC(=O)N2CCC(C(=O)Nc3ccc4c(c3)OCO4)CC2)no1. The predicted molar refractivity (Wildman–Crippen MR) is 95.8 cm³/mol. The lowest BCUT2D eigenvalue weighted by atomic mass is 9.96. The van der Waals surface area contributed by atoms with Crippen molar-refractivity contribution in [2.24, 2.45) is 5.92 Å². The minimum Gasteiger partial charge on any atom is -0.454 e. The summed E-state index contributed by atoms with van der Waals surface area (Å²) in [7, 11) is 0. The number of carbonyl (C=O) groups is 2. The van der Waals surface area contributed by atoms with Gasteiger partial charge in [-0.05, 0) is 31.9 Å². The number of fused-ring (bicyclic) bond motifs is 1. The Morgan fingerprint density at radius 1 is 1.11 bits per heavy atom. The fourth-order valence-corrected chi connectivity index (χ4v) is 3.18. The summed E-state index contributed by atoms with van der Waals surface area (Å²) >= 11 is 0. The van der Waals surface area contributed by atoms with Crippen molar-refractivity contribution in [3.8, 4) is 11.5 Å². The third-order valence-corrected chi connectivity index (χ3v) is 4.66. The Hall–Kier alpha value is -3.23. The Balaban J connectivity index is 1.28. The van der Waals surface area contributed by atoms with Crippen molar-refractivity contribution in [3.05, 3.63) is 30.0 Å². The summed E-state index contributed by atoms with van der Waals surface area (Å²) < 4.78 is 15.5. The van der Waals surface area contributed by atoms with Crippen LogP contribution >= 0.6 is 0 Å². The van der Waals surface area contributed by atoms with Gasteiger partial charge in [-0.25, -0.2) is 4.79 Å². The number of aromatic nitrogens is 1. The van der Waals surface area contributed by atoms with E-state index in [1.54, 1.807) is 36.1 Å². The average Bonchev–Trinajstić information content (AvgIpc) is 3.30. The van der Waals surface area contributed by atoms with Crippen LogP contribution in [0.5, 0.6) is 11.5 Å². The first-order chi connectivity index (χ1) is 13.1. The summed E-state index contributed by atoms with van der Waals surface area (Å²) in [4.78, 5) is 26.4. The lowest BCUT2D eigenvalue weighted by Gasteiger charge is -2.31. The van der Waals surface area contributed by atoms with Crippen LogP contribution in [0.4, 0.5) is 16.3 Å². The maximum Gasteiger partial charge on any atom is 0.323 e. The second-order valence-electron chi connectivity index (χ2n) is 6.57. The third kappa shape index (κ3) is 3.81. The summed E-state index contributed by atoms with van der Waals surface area (Å²) in [6, 6.07) is 6.73. The van der Waals surface area contributed by atoms with Gasteiger partial charge in [0.2, 0.25) is 12.7 Å². The number of likely N-dealkylation sites (tertiary alicyclic amines) is 1. The zero-order chi connectivity index (χ0) is 18.8. The molecule has 0 saturated carbocycles. The third-order valence-electron chi connectivity index (χ3n) is 4.66. The molecular formula is C18H20N4O5. The molecule has 4 rings (SSSR count). The largest absolute Gasteiger partial charge is 0.454 e. The molecule has 1 aromatic heterocycles. The summed E-state index contributed by atoms with van der Waals surface area (Å²) in [5.41, 5.74) is 0.672. The first-order valence-electron chi connectivity index (χ1n) is 8.78. The molecule has 0 unspecified atom stereocenters. The van der Waals surface area contributed by atoms with Gasteiger partial charge in [0.15, 0.2) is 17.3 Å². The Morgan fingerprint density at radius 2 is 1.89 bits per heavy atom. The summed E-state index contributed by atoms with van der Waals surface area (Å²) in [6.07, 6.45) is 1.20. The van der Waals surface area contributed by atoms with Crippen molar-refractivity contribution in [2.75, 3.05) is 30.5 Å². The van der Waals surface area contributed by atoms with E-state index >= 15 is 0 Å². The van der Waals surface area contributed by atoms with E-state index in [9.17, 15) is 9.59 Å². The zero-order valence-corrected chi connectivity index (χ0v) is 14.9. The number of benzene rings is 1. The number of nitrogens with zero attached hydrogens (tertiary/aromatic N) is 2. The minimum atomic E-state index is -0.238. The molecule has 3 amide bonds. The number of carbonyl (C=O) groups excluding carboxylic acids is 2. The van der Waals surface area contributed by atoms with Gasteiger partial charge in [-0.3, -0.25) is 10.1 Å². The molecule has 9 nitrogen and oxygen atoms in total. The van der Waals surface area contributed by atoms with Gasteiger partial charge in [0.05, 0.1) is 0 Å². The van der Waals surface area contributed by atoms with E-state index in [4.69, 9.17) is 14.0 Å². The van der Waals surface area contributed by atoms with Crippen LogP contribution in [0.25, 0.3) is 0 Å². The molecule has 0 aliphatic carbocycles. The fraction of sp³-hybridized carbons (Fsp3) is 0.389. The molecule has 142 valence electrons. The lowest BCUT2D eigenvalue weighted by molar-refractivity contribution is -0.121. The maximum atomic E-state index is 12.5.